The Balaban J connectivity index is 1.47. The van der Waals surface area contributed by atoms with Gasteiger partial charge in [-0.15, -0.1) is 0 Å². The van der Waals surface area contributed by atoms with E-state index in [1.807, 2.05) is 43.1 Å². The summed E-state index contributed by atoms with van der Waals surface area (Å²) in [5.41, 5.74) is 1.06. The van der Waals surface area contributed by atoms with E-state index in [-0.39, 0.29) is 24.0 Å². The van der Waals surface area contributed by atoms with Gasteiger partial charge in [0, 0.05) is 44.9 Å². The molecule has 2 fully saturated rings. The third-order valence-corrected chi connectivity index (χ3v) is 5.83. The molecule has 2 unspecified atom stereocenters. The molecule has 148 valence electrons. The lowest BCUT2D eigenvalue weighted by atomic mass is 10.1. The summed E-state index contributed by atoms with van der Waals surface area (Å²) in [4.78, 5) is 30.8. The average molecular weight is 394 g/mol. The highest BCUT2D eigenvalue weighted by atomic mass is 35.5. The van der Waals surface area contributed by atoms with Crippen LogP contribution in [0, 0.1) is 0 Å². The van der Waals surface area contributed by atoms with E-state index in [2.05, 4.69) is 4.90 Å². The summed E-state index contributed by atoms with van der Waals surface area (Å²) >= 11 is 5.94. The van der Waals surface area contributed by atoms with Crippen molar-refractivity contribution in [1.82, 2.24) is 14.7 Å². The lowest BCUT2D eigenvalue weighted by Crippen LogP contribution is -2.53. The molecule has 0 aromatic heterocycles. The first kappa shape index (κ1) is 20.1. The zero-order valence-electron chi connectivity index (χ0n) is 16.1. The minimum Gasteiger partial charge on any atom is -0.368 e. The van der Waals surface area contributed by atoms with Gasteiger partial charge in [-0.1, -0.05) is 23.7 Å². The van der Waals surface area contributed by atoms with Crippen LogP contribution in [0.1, 0.15) is 31.4 Å². The highest BCUT2D eigenvalue weighted by Crippen LogP contribution is 2.21. The molecule has 0 bridgehead atoms. The number of hydrogen-bond donors (Lipinski definition) is 0. The lowest BCUT2D eigenvalue weighted by molar-refractivity contribution is -0.143. The zero-order valence-corrected chi connectivity index (χ0v) is 16.8. The van der Waals surface area contributed by atoms with Crippen LogP contribution in [0.3, 0.4) is 0 Å². The quantitative estimate of drug-likeness (QED) is 0.769. The second-order valence-electron chi connectivity index (χ2n) is 7.34. The van der Waals surface area contributed by atoms with Gasteiger partial charge in [-0.2, -0.15) is 0 Å². The number of piperazine rings is 1. The fraction of sp³-hybridized carbons (Fsp3) is 0.600. The molecule has 2 heterocycles. The van der Waals surface area contributed by atoms with E-state index >= 15 is 0 Å². The first-order chi connectivity index (χ1) is 13.0. The van der Waals surface area contributed by atoms with Crippen molar-refractivity contribution >= 4 is 23.4 Å². The third-order valence-electron chi connectivity index (χ3n) is 5.57. The van der Waals surface area contributed by atoms with Crippen LogP contribution in [0.5, 0.6) is 0 Å². The molecule has 1 aromatic carbocycles. The number of benzene rings is 1. The predicted octanol–water partition coefficient (Wildman–Crippen LogP) is 2.18. The van der Waals surface area contributed by atoms with Crippen LogP contribution in [0.2, 0.25) is 5.02 Å². The van der Waals surface area contributed by atoms with Gasteiger partial charge in [-0.05, 0) is 37.5 Å². The van der Waals surface area contributed by atoms with E-state index in [1.165, 1.54) is 0 Å². The Labute approximate surface area is 166 Å². The molecule has 0 spiro atoms. The summed E-state index contributed by atoms with van der Waals surface area (Å²) in [7, 11) is 1.83. The first-order valence-corrected chi connectivity index (χ1v) is 9.97. The van der Waals surface area contributed by atoms with E-state index in [4.69, 9.17) is 16.3 Å². The van der Waals surface area contributed by atoms with Crippen molar-refractivity contribution < 1.29 is 14.3 Å². The summed E-state index contributed by atoms with van der Waals surface area (Å²) in [6, 6.07) is 7.57. The third kappa shape index (κ3) is 5.00. The minimum absolute atomic E-state index is 0.0165. The van der Waals surface area contributed by atoms with Gasteiger partial charge >= 0.3 is 0 Å². The molecular formula is C20H28ClN3O3. The summed E-state index contributed by atoms with van der Waals surface area (Å²) < 4.78 is 5.49. The Kier molecular flexibility index (Phi) is 6.73. The van der Waals surface area contributed by atoms with Gasteiger partial charge in [-0.25, -0.2) is 0 Å². The van der Waals surface area contributed by atoms with E-state index in [0.717, 1.165) is 18.4 Å². The maximum atomic E-state index is 12.7. The lowest BCUT2D eigenvalue weighted by Gasteiger charge is -2.36. The minimum atomic E-state index is -0.260. The van der Waals surface area contributed by atoms with Gasteiger partial charge in [0.1, 0.15) is 6.10 Å². The van der Waals surface area contributed by atoms with Gasteiger partial charge in [0.2, 0.25) is 5.91 Å². The standard InChI is InChI=1S/C20H28ClN3O3/c1-15(16-5-7-17(21)8-6-16)22(2)19(25)14-23-9-11-24(12-10-23)20(26)18-4-3-13-27-18/h5-8,15,18H,3-4,9-14H2,1-2H3. The molecule has 2 aliphatic rings. The molecule has 3 rings (SSSR count). The van der Waals surface area contributed by atoms with Crippen molar-refractivity contribution in [2.75, 3.05) is 46.4 Å². The van der Waals surface area contributed by atoms with Crippen LogP contribution < -0.4 is 0 Å². The summed E-state index contributed by atoms with van der Waals surface area (Å²) in [6.45, 7) is 5.81. The monoisotopic (exact) mass is 393 g/mol. The molecule has 27 heavy (non-hydrogen) atoms. The second kappa shape index (κ2) is 9.04. The van der Waals surface area contributed by atoms with Crippen LogP contribution >= 0.6 is 11.6 Å². The number of amides is 2. The van der Waals surface area contributed by atoms with Crippen LogP contribution in [-0.4, -0.2) is 79.0 Å². The Hall–Kier alpha value is -1.63. The fourth-order valence-electron chi connectivity index (χ4n) is 3.59. The van der Waals surface area contributed by atoms with Crippen LogP contribution in [0.25, 0.3) is 0 Å². The van der Waals surface area contributed by atoms with E-state index < -0.39 is 0 Å². The van der Waals surface area contributed by atoms with Gasteiger partial charge in [0.15, 0.2) is 0 Å². The molecule has 2 amide bonds. The smallest absolute Gasteiger partial charge is 0.251 e. The SMILES string of the molecule is CC(c1ccc(Cl)cc1)N(C)C(=O)CN1CCN(C(=O)C2CCCO2)CC1. The topological polar surface area (TPSA) is 53.1 Å². The average Bonchev–Trinajstić information content (AvgIpc) is 3.22. The molecule has 2 saturated heterocycles. The van der Waals surface area contributed by atoms with Crippen molar-refractivity contribution in [3.63, 3.8) is 0 Å². The number of hydrogen-bond acceptors (Lipinski definition) is 4. The first-order valence-electron chi connectivity index (χ1n) is 9.59. The largest absolute Gasteiger partial charge is 0.368 e. The van der Waals surface area contributed by atoms with Crippen molar-refractivity contribution in [2.45, 2.75) is 31.9 Å². The van der Waals surface area contributed by atoms with Gasteiger partial charge in [0.05, 0.1) is 12.6 Å². The van der Waals surface area contributed by atoms with Crippen LogP contribution in [-0.2, 0) is 14.3 Å². The fourth-order valence-corrected chi connectivity index (χ4v) is 3.71. The van der Waals surface area contributed by atoms with Gasteiger partial charge in [0.25, 0.3) is 5.91 Å². The van der Waals surface area contributed by atoms with Crippen LogP contribution in [0.15, 0.2) is 24.3 Å². The van der Waals surface area contributed by atoms with Crippen molar-refractivity contribution in [3.05, 3.63) is 34.9 Å². The van der Waals surface area contributed by atoms with Crippen molar-refractivity contribution in [3.8, 4) is 0 Å². The molecule has 2 aliphatic heterocycles. The maximum absolute atomic E-state index is 12.7. The Bertz CT molecular complexity index is 653. The Morgan fingerprint density at radius 3 is 2.48 bits per heavy atom. The van der Waals surface area contributed by atoms with E-state index in [0.29, 0.717) is 44.4 Å². The number of ether oxygens (including phenoxy) is 1. The molecule has 0 saturated carbocycles. The Morgan fingerprint density at radius 1 is 1.22 bits per heavy atom. The number of carbonyl (C=O) groups is 2. The molecule has 1 aromatic rings. The highest BCUT2D eigenvalue weighted by molar-refractivity contribution is 6.30. The zero-order chi connectivity index (χ0) is 19.4. The van der Waals surface area contributed by atoms with Crippen LogP contribution in [0.4, 0.5) is 0 Å². The van der Waals surface area contributed by atoms with E-state index in [1.54, 1.807) is 4.90 Å². The molecule has 0 N–H and O–H groups in total. The van der Waals surface area contributed by atoms with Gasteiger partial charge < -0.3 is 14.5 Å². The normalized spacial score (nSPS) is 21.9. The number of rotatable bonds is 5. The number of nitrogens with zero attached hydrogens (tertiary/aromatic N) is 3. The summed E-state index contributed by atoms with van der Waals surface area (Å²) in [6.07, 6.45) is 1.53. The maximum Gasteiger partial charge on any atom is 0.251 e. The van der Waals surface area contributed by atoms with Crippen molar-refractivity contribution in [2.24, 2.45) is 0 Å². The summed E-state index contributed by atoms with van der Waals surface area (Å²) in [5, 5.41) is 0.690. The number of carbonyl (C=O) groups excluding carboxylic acids is 2. The molecule has 2 atom stereocenters. The Morgan fingerprint density at radius 2 is 1.89 bits per heavy atom. The molecule has 0 aliphatic carbocycles. The van der Waals surface area contributed by atoms with Gasteiger partial charge in [-0.3, -0.25) is 14.5 Å². The number of halogens is 1. The van der Waals surface area contributed by atoms with E-state index in [9.17, 15) is 9.59 Å². The molecule has 7 heteroatoms. The molecule has 0 radical (unpaired) electrons. The second-order valence-corrected chi connectivity index (χ2v) is 7.77. The predicted molar refractivity (Wildman–Crippen MR) is 105 cm³/mol. The molecule has 6 nitrogen and oxygen atoms in total. The number of likely N-dealkylation sites (N-methyl/N-ethyl adjacent to an activating group) is 1. The summed E-state index contributed by atoms with van der Waals surface area (Å²) in [5.74, 6) is 0.184. The molecular weight excluding hydrogens is 366 g/mol. The highest BCUT2D eigenvalue weighted by Gasteiger charge is 2.31. The van der Waals surface area contributed by atoms with Crippen molar-refractivity contribution in [1.29, 1.82) is 0 Å².